The molecule has 3 aromatic rings. The lowest BCUT2D eigenvalue weighted by atomic mass is 10.3. The van der Waals surface area contributed by atoms with Crippen LogP contribution in [0.1, 0.15) is 6.92 Å². The Bertz CT molecular complexity index is 1290. The maximum atomic E-state index is 12.7. The molecule has 0 radical (unpaired) electrons. The van der Waals surface area contributed by atoms with E-state index in [0.29, 0.717) is 17.2 Å². The maximum absolute atomic E-state index is 12.7. The average molecular weight is 541 g/mol. The number of amides is 1. The molecule has 7 nitrogen and oxygen atoms in total. The number of hydrogen-bond donors (Lipinski definition) is 2. The summed E-state index contributed by atoms with van der Waals surface area (Å²) in [5, 5.41) is 2.71. The van der Waals surface area contributed by atoms with Crippen LogP contribution in [0.2, 0.25) is 10.0 Å². The van der Waals surface area contributed by atoms with E-state index in [-0.39, 0.29) is 26.5 Å². The summed E-state index contributed by atoms with van der Waals surface area (Å²) in [7, 11) is -0.797. The second-order valence-electron chi connectivity index (χ2n) is 7.00. The van der Waals surface area contributed by atoms with Gasteiger partial charge in [-0.05, 0) is 61.5 Å². The molecule has 180 valence electrons. The van der Waals surface area contributed by atoms with Gasteiger partial charge >= 0.3 is 0 Å². The smallest absolute Gasteiger partial charge is 0.261 e. The van der Waals surface area contributed by atoms with Gasteiger partial charge in [-0.1, -0.05) is 29.3 Å². The SMILES string of the molecule is COc1ccc(SC(C)C(=O)Nc2ccc(S(=O)(=O)Nc3cccc(Cl)c3Cl)cc2)cc1OC. The summed E-state index contributed by atoms with van der Waals surface area (Å²) in [4.78, 5) is 13.5. The monoisotopic (exact) mass is 540 g/mol. The zero-order chi connectivity index (χ0) is 24.9. The number of nitrogens with one attached hydrogen (secondary N) is 2. The Morgan fingerprint density at radius 3 is 2.29 bits per heavy atom. The fraction of sp³-hybridized carbons (Fsp3) is 0.174. The number of rotatable bonds is 9. The molecule has 0 aliphatic rings. The third kappa shape index (κ3) is 6.29. The molecule has 1 unspecified atom stereocenters. The molecule has 0 aliphatic carbocycles. The van der Waals surface area contributed by atoms with Crippen LogP contribution >= 0.6 is 35.0 Å². The molecule has 0 saturated carbocycles. The maximum Gasteiger partial charge on any atom is 0.261 e. The van der Waals surface area contributed by atoms with Crippen molar-refractivity contribution >= 4 is 62.3 Å². The van der Waals surface area contributed by atoms with Crippen LogP contribution in [0.15, 0.2) is 70.5 Å². The first-order chi connectivity index (χ1) is 16.1. The normalized spacial score (nSPS) is 12.0. The number of benzene rings is 3. The van der Waals surface area contributed by atoms with Gasteiger partial charge in [-0.25, -0.2) is 8.42 Å². The summed E-state index contributed by atoms with van der Waals surface area (Å²) >= 11 is 13.4. The standard InChI is InChI=1S/C23H22Cl2N2O5S2/c1-14(33-16-9-12-20(31-2)21(13-16)32-3)23(28)26-15-7-10-17(11-8-15)34(29,30)27-19-6-4-5-18(24)22(19)25/h4-14,27H,1-3H3,(H,26,28). The summed E-state index contributed by atoms with van der Waals surface area (Å²) < 4.78 is 38.3. The molecular weight excluding hydrogens is 519 g/mol. The fourth-order valence-electron chi connectivity index (χ4n) is 2.90. The second kappa shape index (κ2) is 11.2. The lowest BCUT2D eigenvalue weighted by molar-refractivity contribution is -0.115. The summed E-state index contributed by atoms with van der Waals surface area (Å²) in [6.07, 6.45) is 0. The molecule has 1 atom stereocenters. The van der Waals surface area contributed by atoms with Crippen molar-refractivity contribution in [1.29, 1.82) is 0 Å². The molecule has 2 N–H and O–H groups in total. The van der Waals surface area contributed by atoms with Crippen LogP contribution in [0, 0.1) is 0 Å². The highest BCUT2D eigenvalue weighted by Gasteiger charge is 2.19. The summed E-state index contributed by atoms with van der Waals surface area (Å²) in [5.74, 6) is 0.940. The zero-order valence-electron chi connectivity index (χ0n) is 18.5. The van der Waals surface area contributed by atoms with E-state index in [9.17, 15) is 13.2 Å². The van der Waals surface area contributed by atoms with E-state index >= 15 is 0 Å². The number of sulfonamides is 1. The van der Waals surface area contributed by atoms with Crippen molar-refractivity contribution in [3.8, 4) is 11.5 Å². The van der Waals surface area contributed by atoms with Gasteiger partial charge in [-0.2, -0.15) is 0 Å². The van der Waals surface area contributed by atoms with E-state index in [0.717, 1.165) is 4.90 Å². The predicted molar refractivity (Wildman–Crippen MR) is 137 cm³/mol. The number of halogens is 2. The Morgan fingerprint density at radius 1 is 0.971 bits per heavy atom. The number of carbonyl (C=O) groups is 1. The molecule has 0 fully saturated rings. The van der Waals surface area contributed by atoms with Gasteiger partial charge in [-0.3, -0.25) is 9.52 Å². The first kappa shape index (κ1) is 26.0. The highest BCUT2D eigenvalue weighted by molar-refractivity contribution is 8.00. The van der Waals surface area contributed by atoms with E-state index in [1.807, 2.05) is 6.07 Å². The van der Waals surface area contributed by atoms with Gasteiger partial charge in [0.05, 0.1) is 40.1 Å². The summed E-state index contributed by atoms with van der Waals surface area (Å²) in [5.41, 5.74) is 0.636. The average Bonchev–Trinajstić information content (AvgIpc) is 2.82. The molecule has 3 rings (SSSR count). The van der Waals surface area contributed by atoms with Crippen molar-refractivity contribution in [2.24, 2.45) is 0 Å². The van der Waals surface area contributed by atoms with Crippen LogP contribution in [0.5, 0.6) is 11.5 Å². The van der Waals surface area contributed by atoms with Gasteiger partial charge in [-0.15, -0.1) is 11.8 Å². The molecule has 3 aromatic carbocycles. The van der Waals surface area contributed by atoms with Gasteiger partial charge in [0.2, 0.25) is 5.91 Å². The van der Waals surface area contributed by atoms with Crippen LogP contribution < -0.4 is 19.5 Å². The number of hydrogen-bond acceptors (Lipinski definition) is 6. The van der Waals surface area contributed by atoms with Gasteiger partial charge in [0, 0.05) is 10.6 Å². The molecule has 0 saturated heterocycles. The van der Waals surface area contributed by atoms with Crippen molar-refractivity contribution in [2.75, 3.05) is 24.3 Å². The third-order valence-electron chi connectivity index (χ3n) is 4.67. The minimum atomic E-state index is -3.90. The molecule has 11 heteroatoms. The molecule has 0 spiro atoms. The first-order valence-corrected chi connectivity index (χ1v) is 13.0. The van der Waals surface area contributed by atoms with E-state index in [2.05, 4.69) is 10.0 Å². The zero-order valence-corrected chi connectivity index (χ0v) is 21.6. The Morgan fingerprint density at radius 2 is 1.65 bits per heavy atom. The Labute approximate surface area is 212 Å². The number of methoxy groups -OCH3 is 2. The van der Waals surface area contributed by atoms with Crippen molar-refractivity contribution in [3.05, 3.63) is 70.7 Å². The van der Waals surface area contributed by atoms with Crippen molar-refractivity contribution < 1.29 is 22.7 Å². The van der Waals surface area contributed by atoms with Crippen LogP contribution in [-0.2, 0) is 14.8 Å². The van der Waals surface area contributed by atoms with Gasteiger partial charge in [0.1, 0.15) is 0 Å². The number of thioether (sulfide) groups is 1. The molecule has 34 heavy (non-hydrogen) atoms. The van der Waals surface area contributed by atoms with Gasteiger partial charge in [0.15, 0.2) is 11.5 Å². The Kier molecular flexibility index (Phi) is 8.59. The Hall–Kier alpha value is -2.59. The minimum absolute atomic E-state index is 0.00860. The first-order valence-electron chi connectivity index (χ1n) is 9.91. The van der Waals surface area contributed by atoms with Crippen LogP contribution in [-0.4, -0.2) is 33.8 Å². The second-order valence-corrected chi connectivity index (χ2v) is 10.9. The minimum Gasteiger partial charge on any atom is -0.493 e. The van der Waals surface area contributed by atoms with E-state index in [4.69, 9.17) is 32.7 Å². The topological polar surface area (TPSA) is 93.7 Å². The Balaban J connectivity index is 1.65. The molecular formula is C23H22Cl2N2O5S2. The quantitative estimate of drug-likeness (QED) is 0.326. The van der Waals surface area contributed by atoms with Gasteiger partial charge in [0.25, 0.3) is 10.0 Å². The van der Waals surface area contributed by atoms with E-state index in [1.54, 1.807) is 45.4 Å². The summed E-state index contributed by atoms with van der Waals surface area (Å²) in [6.45, 7) is 1.77. The third-order valence-corrected chi connectivity index (χ3v) is 7.96. The lowest BCUT2D eigenvalue weighted by Crippen LogP contribution is -2.22. The highest BCUT2D eigenvalue weighted by atomic mass is 35.5. The molecule has 0 bridgehead atoms. The fourth-order valence-corrected chi connectivity index (χ4v) is 5.27. The predicted octanol–water partition coefficient (Wildman–Crippen LogP) is 5.93. The van der Waals surface area contributed by atoms with E-state index < -0.39 is 15.3 Å². The molecule has 0 aromatic heterocycles. The number of anilines is 2. The lowest BCUT2D eigenvalue weighted by Gasteiger charge is -2.14. The van der Waals surface area contributed by atoms with E-state index in [1.165, 1.54) is 42.1 Å². The van der Waals surface area contributed by atoms with Crippen molar-refractivity contribution in [1.82, 2.24) is 0 Å². The highest BCUT2D eigenvalue weighted by Crippen LogP contribution is 2.34. The van der Waals surface area contributed by atoms with Crippen LogP contribution in [0.25, 0.3) is 0 Å². The summed E-state index contributed by atoms with van der Waals surface area (Å²) in [6, 6.07) is 15.9. The molecule has 1 amide bonds. The van der Waals surface area contributed by atoms with Crippen molar-refractivity contribution in [2.45, 2.75) is 22.0 Å². The molecule has 0 heterocycles. The van der Waals surface area contributed by atoms with Crippen molar-refractivity contribution in [3.63, 3.8) is 0 Å². The van der Waals surface area contributed by atoms with Crippen LogP contribution in [0.3, 0.4) is 0 Å². The molecule has 0 aliphatic heterocycles. The van der Waals surface area contributed by atoms with Gasteiger partial charge < -0.3 is 14.8 Å². The number of carbonyl (C=O) groups excluding carboxylic acids is 1. The van der Waals surface area contributed by atoms with Crippen LogP contribution in [0.4, 0.5) is 11.4 Å². The number of ether oxygens (including phenoxy) is 2. The largest absolute Gasteiger partial charge is 0.493 e.